The van der Waals surface area contributed by atoms with Gasteiger partial charge in [-0.1, -0.05) is 146 Å². The molecule has 0 radical (unpaired) electrons. The van der Waals surface area contributed by atoms with Crippen LogP contribution in [0.4, 0.5) is 17.1 Å². The van der Waals surface area contributed by atoms with E-state index in [9.17, 15) is 10.0 Å². The maximum Gasteiger partial charge on any atom is 0.489 e. The van der Waals surface area contributed by atoms with Gasteiger partial charge in [0.05, 0.1) is 0 Å². The molecule has 0 saturated heterocycles. The molecule has 7 aromatic rings. The van der Waals surface area contributed by atoms with E-state index in [2.05, 4.69) is 126 Å². The third-order valence-electron chi connectivity index (χ3n) is 8.32. The minimum absolute atomic E-state index is 0.460. The lowest BCUT2D eigenvalue weighted by molar-refractivity contribution is 0.426. The van der Waals surface area contributed by atoms with Crippen molar-refractivity contribution in [3.63, 3.8) is 0 Å². The van der Waals surface area contributed by atoms with Gasteiger partial charge in [0.1, 0.15) is 0 Å². The zero-order chi connectivity index (χ0) is 31.3. The Kier molecular flexibility index (Phi) is 8.29. The van der Waals surface area contributed by atoms with Crippen molar-refractivity contribution < 1.29 is 10.0 Å². The largest absolute Gasteiger partial charge is 0.489 e. The van der Waals surface area contributed by atoms with Crippen LogP contribution in [0.1, 0.15) is 0 Å². The fourth-order valence-electron chi connectivity index (χ4n) is 5.97. The molecule has 0 bridgehead atoms. The van der Waals surface area contributed by atoms with Crippen molar-refractivity contribution in [2.45, 2.75) is 0 Å². The van der Waals surface area contributed by atoms with Crippen LogP contribution >= 0.6 is 0 Å². The Bertz CT molecular complexity index is 2040. The SMILES string of the molecule is OB(O)c1ccc(N(c2ccc(-c3ccccc3)cc2)c2cccc(-c3ccc(-c4ccccc4)cc3)c2)cc1-c1ccccc1. The standard InChI is InChI=1S/C42H32BNO2/c45-43(46)42-28-27-40(30-41(42)36-15-8-3-9-16-36)44(38-25-23-34(24-26-38)32-13-6-2-7-14-32)39-18-10-17-37(29-39)35-21-19-33(20-22-35)31-11-4-1-5-12-31/h1-30,45-46H. The van der Waals surface area contributed by atoms with Gasteiger partial charge in [-0.05, 0) is 86.4 Å². The van der Waals surface area contributed by atoms with Crippen molar-refractivity contribution in [2.24, 2.45) is 0 Å². The summed E-state index contributed by atoms with van der Waals surface area (Å²) in [5, 5.41) is 20.5. The fourth-order valence-corrected chi connectivity index (χ4v) is 5.97. The van der Waals surface area contributed by atoms with Crippen LogP contribution in [0.5, 0.6) is 0 Å². The number of anilines is 3. The normalized spacial score (nSPS) is 10.8. The molecule has 7 rings (SSSR count). The quantitative estimate of drug-likeness (QED) is 0.173. The van der Waals surface area contributed by atoms with Gasteiger partial charge in [-0.3, -0.25) is 0 Å². The smallest absolute Gasteiger partial charge is 0.423 e. The van der Waals surface area contributed by atoms with Crippen molar-refractivity contribution in [1.82, 2.24) is 0 Å². The van der Waals surface area contributed by atoms with Gasteiger partial charge in [-0.25, -0.2) is 0 Å². The first kappa shape index (κ1) is 29.1. The molecule has 0 heterocycles. The van der Waals surface area contributed by atoms with Crippen LogP contribution in [0.2, 0.25) is 0 Å². The van der Waals surface area contributed by atoms with Crippen molar-refractivity contribution in [1.29, 1.82) is 0 Å². The van der Waals surface area contributed by atoms with E-state index in [0.29, 0.717) is 5.46 Å². The van der Waals surface area contributed by atoms with Gasteiger partial charge in [0.15, 0.2) is 0 Å². The summed E-state index contributed by atoms with van der Waals surface area (Å²) < 4.78 is 0. The van der Waals surface area contributed by atoms with Crippen molar-refractivity contribution in [3.8, 4) is 44.5 Å². The van der Waals surface area contributed by atoms with Gasteiger partial charge < -0.3 is 14.9 Å². The van der Waals surface area contributed by atoms with Crippen molar-refractivity contribution in [3.05, 3.63) is 182 Å². The summed E-state index contributed by atoms with van der Waals surface area (Å²) in [6.45, 7) is 0. The van der Waals surface area contributed by atoms with Crippen LogP contribution in [-0.2, 0) is 0 Å². The maximum atomic E-state index is 10.3. The van der Waals surface area contributed by atoms with Gasteiger partial charge in [0.2, 0.25) is 0 Å². The number of nitrogens with zero attached hydrogens (tertiary/aromatic N) is 1. The first-order valence-corrected chi connectivity index (χ1v) is 15.4. The zero-order valence-corrected chi connectivity index (χ0v) is 25.2. The van der Waals surface area contributed by atoms with Crippen molar-refractivity contribution >= 4 is 29.6 Å². The Morgan fingerprint density at radius 1 is 0.326 bits per heavy atom. The monoisotopic (exact) mass is 593 g/mol. The molecule has 0 spiro atoms. The van der Waals surface area contributed by atoms with E-state index in [4.69, 9.17) is 0 Å². The molecule has 0 amide bonds. The Morgan fingerprint density at radius 2 is 0.739 bits per heavy atom. The molecular formula is C42H32BNO2. The fraction of sp³-hybridized carbons (Fsp3) is 0. The molecule has 0 fully saturated rings. The summed E-state index contributed by atoms with van der Waals surface area (Å²) in [6.07, 6.45) is 0. The topological polar surface area (TPSA) is 43.7 Å². The molecule has 0 aliphatic rings. The minimum Gasteiger partial charge on any atom is -0.423 e. The van der Waals surface area contributed by atoms with E-state index in [1.165, 1.54) is 11.1 Å². The predicted molar refractivity (Wildman–Crippen MR) is 193 cm³/mol. The Hall–Kier alpha value is -5.68. The molecule has 0 aliphatic heterocycles. The second-order valence-corrected chi connectivity index (χ2v) is 11.3. The molecule has 4 heteroatoms. The number of benzene rings is 7. The van der Waals surface area contributed by atoms with Crippen LogP contribution in [0, 0.1) is 0 Å². The Morgan fingerprint density at radius 3 is 1.28 bits per heavy atom. The predicted octanol–water partition coefficient (Wildman–Crippen LogP) is 9.50. The van der Waals surface area contributed by atoms with E-state index in [0.717, 1.165) is 50.4 Å². The highest BCUT2D eigenvalue weighted by Crippen LogP contribution is 2.39. The molecule has 0 aliphatic carbocycles. The highest BCUT2D eigenvalue weighted by atomic mass is 16.4. The first-order valence-electron chi connectivity index (χ1n) is 15.4. The summed E-state index contributed by atoms with van der Waals surface area (Å²) >= 11 is 0. The van der Waals surface area contributed by atoms with E-state index in [-0.39, 0.29) is 0 Å². The summed E-state index contributed by atoms with van der Waals surface area (Å²) in [4.78, 5) is 2.22. The van der Waals surface area contributed by atoms with E-state index in [1.54, 1.807) is 6.07 Å². The van der Waals surface area contributed by atoms with Crippen molar-refractivity contribution in [2.75, 3.05) is 4.90 Å². The number of hydrogen-bond donors (Lipinski definition) is 2. The molecule has 0 unspecified atom stereocenters. The summed E-state index contributed by atoms with van der Waals surface area (Å²) in [5.74, 6) is 0. The Balaban J connectivity index is 1.33. The van der Waals surface area contributed by atoms with Gasteiger partial charge >= 0.3 is 7.12 Å². The number of hydrogen-bond acceptors (Lipinski definition) is 3. The maximum absolute atomic E-state index is 10.3. The van der Waals surface area contributed by atoms with Gasteiger partial charge in [-0.15, -0.1) is 0 Å². The molecule has 0 saturated carbocycles. The van der Waals surface area contributed by atoms with Crippen LogP contribution in [-0.4, -0.2) is 17.2 Å². The van der Waals surface area contributed by atoms with E-state index < -0.39 is 7.12 Å². The summed E-state index contributed by atoms with van der Waals surface area (Å²) in [5.41, 5.74) is 12.0. The van der Waals surface area contributed by atoms with Gasteiger partial charge in [0.25, 0.3) is 0 Å². The Labute approximate surface area is 270 Å². The average Bonchev–Trinajstić information content (AvgIpc) is 3.13. The van der Waals surface area contributed by atoms with Crippen LogP contribution in [0.15, 0.2) is 182 Å². The number of rotatable bonds is 8. The van der Waals surface area contributed by atoms with E-state index in [1.807, 2.05) is 54.6 Å². The summed E-state index contributed by atoms with van der Waals surface area (Å²) in [6, 6.07) is 62.2. The second kappa shape index (κ2) is 13.1. The van der Waals surface area contributed by atoms with Gasteiger partial charge in [0, 0.05) is 17.1 Å². The first-order chi connectivity index (χ1) is 22.6. The molecule has 220 valence electrons. The third-order valence-corrected chi connectivity index (χ3v) is 8.32. The average molecular weight is 594 g/mol. The molecule has 2 N–H and O–H groups in total. The van der Waals surface area contributed by atoms with Crippen LogP contribution < -0.4 is 10.4 Å². The van der Waals surface area contributed by atoms with Crippen LogP contribution in [0.25, 0.3) is 44.5 Å². The molecule has 7 aromatic carbocycles. The lowest BCUT2D eigenvalue weighted by atomic mass is 9.75. The molecule has 46 heavy (non-hydrogen) atoms. The molecule has 0 atom stereocenters. The summed E-state index contributed by atoms with van der Waals surface area (Å²) in [7, 11) is -1.59. The molecule has 3 nitrogen and oxygen atoms in total. The highest BCUT2D eigenvalue weighted by Gasteiger charge is 2.21. The highest BCUT2D eigenvalue weighted by molar-refractivity contribution is 6.60. The minimum atomic E-state index is -1.59. The molecule has 0 aromatic heterocycles. The lowest BCUT2D eigenvalue weighted by Crippen LogP contribution is -2.31. The van der Waals surface area contributed by atoms with Gasteiger partial charge in [-0.2, -0.15) is 0 Å². The van der Waals surface area contributed by atoms with Crippen LogP contribution in [0.3, 0.4) is 0 Å². The van der Waals surface area contributed by atoms with E-state index >= 15 is 0 Å². The third kappa shape index (κ3) is 6.13. The zero-order valence-electron chi connectivity index (χ0n) is 25.2. The second-order valence-electron chi connectivity index (χ2n) is 11.3. The molecular weight excluding hydrogens is 561 g/mol. The lowest BCUT2D eigenvalue weighted by Gasteiger charge is -2.27.